The van der Waals surface area contributed by atoms with E-state index in [2.05, 4.69) is 10.3 Å². The lowest BCUT2D eigenvalue weighted by atomic mass is 9.90. The molecule has 2 aromatic carbocycles. The van der Waals surface area contributed by atoms with Crippen molar-refractivity contribution in [3.8, 4) is 11.5 Å². The molecule has 9 heteroatoms. The van der Waals surface area contributed by atoms with E-state index in [1.165, 1.54) is 6.07 Å². The second-order valence-electron chi connectivity index (χ2n) is 9.18. The summed E-state index contributed by atoms with van der Waals surface area (Å²) in [6.07, 6.45) is 4.93. The Balaban J connectivity index is 1.35. The van der Waals surface area contributed by atoms with Crippen LogP contribution in [-0.2, 0) is 28.9 Å². The smallest absolute Gasteiger partial charge is 0.339 e. The molecule has 4 aromatic rings. The van der Waals surface area contributed by atoms with E-state index in [9.17, 15) is 24.6 Å². The Morgan fingerprint density at radius 1 is 1.17 bits per heavy atom. The number of hydrogen-bond donors (Lipinski definition) is 4. The van der Waals surface area contributed by atoms with Gasteiger partial charge in [-0.05, 0) is 79.6 Å². The molecule has 0 saturated carbocycles. The molecule has 1 aliphatic rings. The van der Waals surface area contributed by atoms with E-state index in [1.807, 2.05) is 6.92 Å². The number of carboxylic acid groups (broad SMARTS) is 1. The molecule has 1 amide bonds. The molecular weight excluding hydrogens is 464 g/mol. The van der Waals surface area contributed by atoms with Crippen LogP contribution in [0.25, 0.3) is 21.9 Å². The lowest BCUT2D eigenvalue weighted by Gasteiger charge is -2.19. The number of phenols is 1. The number of amides is 1. The van der Waals surface area contributed by atoms with Gasteiger partial charge in [0.25, 0.3) is 5.91 Å². The number of aromatic amines is 1. The number of carboxylic acids is 1. The fourth-order valence-electron chi connectivity index (χ4n) is 4.92. The third-order valence-corrected chi connectivity index (χ3v) is 6.60. The highest BCUT2D eigenvalue weighted by Crippen LogP contribution is 2.34. The summed E-state index contributed by atoms with van der Waals surface area (Å²) in [7, 11) is 0. The summed E-state index contributed by atoms with van der Waals surface area (Å²) >= 11 is 0. The lowest BCUT2D eigenvalue weighted by Crippen LogP contribution is -2.44. The van der Waals surface area contributed by atoms with Gasteiger partial charge in [-0.1, -0.05) is 0 Å². The van der Waals surface area contributed by atoms with Crippen LogP contribution < -0.4 is 15.7 Å². The number of rotatable bonds is 7. The molecule has 0 spiro atoms. The Bertz CT molecular complexity index is 1550. The molecule has 5 rings (SSSR count). The second-order valence-corrected chi connectivity index (χ2v) is 9.18. The summed E-state index contributed by atoms with van der Waals surface area (Å²) in [4.78, 5) is 40.1. The average Bonchev–Trinajstić information content (AvgIpc) is 3.23. The van der Waals surface area contributed by atoms with Gasteiger partial charge in [-0.15, -0.1) is 0 Å². The normalized spacial score (nSPS) is 13.9. The third-order valence-electron chi connectivity index (χ3n) is 6.60. The number of aliphatic carboxylic acids is 1. The first-order valence-electron chi connectivity index (χ1n) is 11.8. The van der Waals surface area contributed by atoms with Crippen LogP contribution in [0.4, 0.5) is 0 Å². The van der Waals surface area contributed by atoms with Crippen LogP contribution >= 0.6 is 0 Å². The zero-order valence-corrected chi connectivity index (χ0v) is 19.7. The van der Waals surface area contributed by atoms with E-state index in [4.69, 9.17) is 9.15 Å². The number of fused-ring (bicyclic) bond motifs is 4. The number of carbonyl (C=O) groups excluding carboxylic acids is 1. The van der Waals surface area contributed by atoms with Gasteiger partial charge < -0.3 is 29.7 Å². The largest absolute Gasteiger partial charge is 0.508 e. The summed E-state index contributed by atoms with van der Waals surface area (Å²) in [5, 5.41) is 23.4. The Morgan fingerprint density at radius 3 is 2.72 bits per heavy atom. The Kier molecular flexibility index (Phi) is 6.13. The molecular formula is C27H26N2O7. The summed E-state index contributed by atoms with van der Waals surface area (Å²) < 4.78 is 11.4. The van der Waals surface area contributed by atoms with Crippen LogP contribution in [0.2, 0.25) is 0 Å². The number of ether oxygens (including phenoxy) is 1. The van der Waals surface area contributed by atoms with Gasteiger partial charge in [-0.25, -0.2) is 9.59 Å². The van der Waals surface area contributed by atoms with Crippen LogP contribution in [-0.4, -0.2) is 39.7 Å². The van der Waals surface area contributed by atoms with Crippen LogP contribution in [0.5, 0.6) is 11.5 Å². The van der Waals surface area contributed by atoms with Gasteiger partial charge in [0, 0.05) is 29.1 Å². The summed E-state index contributed by atoms with van der Waals surface area (Å²) in [5.74, 6) is -1.28. The van der Waals surface area contributed by atoms with Gasteiger partial charge in [0.1, 0.15) is 23.1 Å². The fraction of sp³-hybridized carbons (Fsp3) is 0.296. The van der Waals surface area contributed by atoms with Gasteiger partial charge in [0.15, 0.2) is 6.61 Å². The summed E-state index contributed by atoms with van der Waals surface area (Å²) in [6.45, 7) is 1.44. The summed E-state index contributed by atoms with van der Waals surface area (Å²) in [5.41, 5.74) is 3.85. The van der Waals surface area contributed by atoms with E-state index >= 15 is 0 Å². The minimum atomic E-state index is -1.19. The number of H-pyrrole nitrogens is 1. The second kappa shape index (κ2) is 9.41. The third kappa shape index (κ3) is 4.51. The van der Waals surface area contributed by atoms with E-state index < -0.39 is 24.5 Å². The van der Waals surface area contributed by atoms with Crippen molar-refractivity contribution in [2.24, 2.45) is 0 Å². The first-order valence-corrected chi connectivity index (χ1v) is 11.8. The maximum Gasteiger partial charge on any atom is 0.339 e. The van der Waals surface area contributed by atoms with Crippen molar-refractivity contribution in [2.75, 3.05) is 6.61 Å². The zero-order valence-electron chi connectivity index (χ0n) is 19.7. The highest BCUT2D eigenvalue weighted by molar-refractivity contribution is 5.90. The molecule has 1 atom stereocenters. The van der Waals surface area contributed by atoms with Crippen molar-refractivity contribution in [1.82, 2.24) is 10.3 Å². The Hall–Kier alpha value is -4.27. The molecule has 0 bridgehead atoms. The minimum absolute atomic E-state index is 0.0244. The Morgan fingerprint density at radius 2 is 1.94 bits per heavy atom. The van der Waals surface area contributed by atoms with Gasteiger partial charge >= 0.3 is 11.6 Å². The monoisotopic (exact) mass is 490 g/mol. The van der Waals surface area contributed by atoms with E-state index in [0.717, 1.165) is 35.9 Å². The molecule has 9 nitrogen and oxygen atoms in total. The lowest BCUT2D eigenvalue weighted by molar-refractivity contribution is -0.142. The van der Waals surface area contributed by atoms with Crippen molar-refractivity contribution in [3.63, 3.8) is 0 Å². The molecule has 2 heterocycles. The predicted molar refractivity (Wildman–Crippen MR) is 133 cm³/mol. The SMILES string of the molecule is Cc1cc(OCC(=O)N[C@@H](Cc2c[nH]c3ccc(O)cc23)C(=O)O)c2c3c(c(=O)oc2c1)CCCC3. The van der Waals surface area contributed by atoms with Crippen LogP contribution in [0.15, 0.2) is 45.7 Å². The first-order chi connectivity index (χ1) is 17.3. The topological polar surface area (TPSA) is 142 Å². The number of hydrogen-bond acceptors (Lipinski definition) is 6. The standard InChI is InChI=1S/C27H26N2O7/c1-14-8-22(25-17-4-2-3-5-18(17)27(34)36-23(25)9-14)35-13-24(31)29-21(26(32)33)10-15-12-28-20-7-6-16(30)11-19(15)20/h6-9,11-12,21,28,30H,2-5,10,13H2,1H3,(H,29,31)(H,32,33)/t21-/m0/s1. The highest BCUT2D eigenvalue weighted by Gasteiger charge is 2.24. The molecule has 36 heavy (non-hydrogen) atoms. The van der Waals surface area contributed by atoms with E-state index in [1.54, 1.807) is 30.5 Å². The average molecular weight is 491 g/mol. The molecule has 2 aromatic heterocycles. The number of carbonyl (C=O) groups is 2. The van der Waals surface area contributed by atoms with Gasteiger partial charge in [0.05, 0.1) is 5.39 Å². The van der Waals surface area contributed by atoms with Crippen molar-refractivity contribution in [3.05, 3.63) is 69.2 Å². The van der Waals surface area contributed by atoms with Crippen molar-refractivity contribution < 1.29 is 29.0 Å². The van der Waals surface area contributed by atoms with Crippen molar-refractivity contribution in [1.29, 1.82) is 0 Å². The molecule has 0 radical (unpaired) electrons. The summed E-state index contributed by atoms with van der Waals surface area (Å²) in [6, 6.07) is 7.15. The van der Waals surface area contributed by atoms with E-state index in [-0.39, 0.29) is 17.8 Å². The van der Waals surface area contributed by atoms with Crippen molar-refractivity contribution in [2.45, 2.75) is 45.1 Å². The Labute approximate surface area is 205 Å². The number of phenolic OH excluding ortho intramolecular Hbond substituents is 1. The quantitative estimate of drug-likeness (QED) is 0.291. The molecule has 186 valence electrons. The van der Waals surface area contributed by atoms with Crippen LogP contribution in [0, 0.1) is 6.92 Å². The maximum absolute atomic E-state index is 12.7. The molecule has 4 N–H and O–H groups in total. The first kappa shape index (κ1) is 23.5. The van der Waals surface area contributed by atoms with E-state index in [0.29, 0.717) is 39.7 Å². The predicted octanol–water partition coefficient (Wildman–Crippen LogP) is 3.36. The minimum Gasteiger partial charge on any atom is -0.508 e. The van der Waals surface area contributed by atoms with Crippen LogP contribution in [0.3, 0.4) is 0 Å². The fourth-order valence-corrected chi connectivity index (χ4v) is 4.92. The van der Waals surface area contributed by atoms with Gasteiger partial charge in [-0.2, -0.15) is 0 Å². The molecule has 0 unspecified atom stereocenters. The van der Waals surface area contributed by atoms with Gasteiger partial charge in [-0.3, -0.25) is 4.79 Å². The number of aromatic nitrogens is 1. The molecule has 0 saturated heterocycles. The zero-order chi connectivity index (χ0) is 25.4. The highest BCUT2D eigenvalue weighted by atomic mass is 16.5. The number of aromatic hydroxyl groups is 1. The van der Waals surface area contributed by atoms with Crippen LogP contribution in [0.1, 0.15) is 35.1 Å². The molecule has 1 aliphatic carbocycles. The molecule has 0 fully saturated rings. The maximum atomic E-state index is 12.7. The number of aryl methyl sites for hydroxylation is 2. The van der Waals surface area contributed by atoms with Gasteiger partial charge in [0.2, 0.25) is 0 Å². The van der Waals surface area contributed by atoms with Crippen molar-refractivity contribution >= 4 is 33.7 Å². The molecule has 0 aliphatic heterocycles. The number of nitrogens with one attached hydrogen (secondary N) is 2. The number of benzene rings is 2.